The Balaban J connectivity index is 1.90. The largest absolute Gasteiger partial charge is 0.382 e. The Morgan fingerprint density at radius 1 is 1.42 bits per heavy atom. The summed E-state index contributed by atoms with van der Waals surface area (Å²) in [6.07, 6.45) is -0.113. The molecule has 102 valence electrons. The second-order valence-electron chi connectivity index (χ2n) is 4.80. The molecule has 1 saturated heterocycles. The molecule has 0 radical (unpaired) electrons. The Morgan fingerprint density at radius 2 is 2.11 bits per heavy atom. The van der Waals surface area contributed by atoms with Gasteiger partial charge in [-0.2, -0.15) is 0 Å². The predicted octanol–water partition coefficient (Wildman–Crippen LogP) is -0.0762. The van der Waals surface area contributed by atoms with Gasteiger partial charge in [-0.3, -0.25) is 9.59 Å². The quantitative estimate of drug-likeness (QED) is 0.778. The van der Waals surface area contributed by atoms with E-state index in [1.807, 2.05) is 30.3 Å². The van der Waals surface area contributed by atoms with Gasteiger partial charge in [0.1, 0.15) is 6.10 Å². The van der Waals surface area contributed by atoms with Crippen molar-refractivity contribution in [2.24, 2.45) is 11.7 Å². The lowest BCUT2D eigenvalue weighted by Crippen LogP contribution is -2.40. The van der Waals surface area contributed by atoms with Gasteiger partial charge in [0.2, 0.25) is 11.8 Å². The van der Waals surface area contributed by atoms with E-state index in [4.69, 9.17) is 5.73 Å². The molecule has 1 heterocycles. The highest BCUT2D eigenvalue weighted by atomic mass is 16.3. The monoisotopic (exact) mass is 262 g/mol. The lowest BCUT2D eigenvalue weighted by molar-refractivity contribution is -0.140. The van der Waals surface area contributed by atoms with E-state index in [-0.39, 0.29) is 5.91 Å². The lowest BCUT2D eigenvalue weighted by atomic mass is 10.0. The summed E-state index contributed by atoms with van der Waals surface area (Å²) in [7, 11) is 0. The van der Waals surface area contributed by atoms with Crippen LogP contribution in [0.15, 0.2) is 30.3 Å². The molecule has 5 nitrogen and oxygen atoms in total. The van der Waals surface area contributed by atoms with E-state index in [9.17, 15) is 14.7 Å². The van der Waals surface area contributed by atoms with Crippen LogP contribution < -0.4 is 5.73 Å². The fraction of sp³-hybridized carbons (Fsp3) is 0.429. The molecule has 2 amide bonds. The lowest BCUT2D eigenvalue weighted by Gasteiger charge is -2.18. The van der Waals surface area contributed by atoms with Crippen molar-refractivity contribution in [1.82, 2.24) is 4.90 Å². The van der Waals surface area contributed by atoms with Crippen LogP contribution >= 0.6 is 0 Å². The molecule has 19 heavy (non-hydrogen) atoms. The molecule has 2 unspecified atom stereocenters. The topological polar surface area (TPSA) is 83.6 Å². The van der Waals surface area contributed by atoms with Crippen LogP contribution in [0, 0.1) is 5.92 Å². The van der Waals surface area contributed by atoms with E-state index in [1.54, 1.807) is 4.90 Å². The number of primary amides is 1. The Kier molecular flexibility index (Phi) is 4.16. The zero-order chi connectivity index (χ0) is 13.8. The molecule has 2 rings (SSSR count). The number of aliphatic hydroxyl groups is 1. The Morgan fingerprint density at radius 3 is 2.74 bits per heavy atom. The molecule has 1 aliphatic heterocycles. The molecule has 1 aromatic carbocycles. The average Bonchev–Trinajstić information content (AvgIpc) is 2.78. The Labute approximate surface area is 112 Å². The smallest absolute Gasteiger partial charge is 0.247 e. The number of amides is 2. The molecule has 0 saturated carbocycles. The standard InChI is InChI=1S/C14H18N2O3/c15-13(18)12(17)11-7-9-16(14(11)19)8-6-10-4-2-1-3-5-10/h1-5,11-12,17H,6-9H2,(H2,15,18). The summed E-state index contributed by atoms with van der Waals surface area (Å²) in [6, 6.07) is 9.89. The summed E-state index contributed by atoms with van der Waals surface area (Å²) in [5.41, 5.74) is 6.19. The van der Waals surface area contributed by atoms with Gasteiger partial charge in [-0.15, -0.1) is 0 Å². The third kappa shape index (κ3) is 3.12. The minimum absolute atomic E-state index is 0.178. The SMILES string of the molecule is NC(=O)C(O)C1CCN(CCc2ccccc2)C1=O. The molecule has 2 atom stereocenters. The fourth-order valence-electron chi connectivity index (χ4n) is 2.39. The zero-order valence-corrected chi connectivity index (χ0v) is 10.7. The van der Waals surface area contributed by atoms with Gasteiger partial charge in [-0.25, -0.2) is 0 Å². The second-order valence-corrected chi connectivity index (χ2v) is 4.80. The van der Waals surface area contributed by atoms with Crippen molar-refractivity contribution in [2.75, 3.05) is 13.1 Å². The van der Waals surface area contributed by atoms with Crippen LogP contribution in [0.1, 0.15) is 12.0 Å². The number of benzene rings is 1. The Bertz CT molecular complexity index is 461. The van der Waals surface area contributed by atoms with Crippen LogP contribution in [0.4, 0.5) is 0 Å². The van der Waals surface area contributed by atoms with E-state index in [0.29, 0.717) is 19.5 Å². The molecular formula is C14H18N2O3. The average molecular weight is 262 g/mol. The number of aliphatic hydroxyl groups excluding tert-OH is 1. The highest BCUT2D eigenvalue weighted by Gasteiger charge is 2.38. The van der Waals surface area contributed by atoms with Crippen molar-refractivity contribution in [3.05, 3.63) is 35.9 Å². The van der Waals surface area contributed by atoms with Crippen molar-refractivity contribution < 1.29 is 14.7 Å². The van der Waals surface area contributed by atoms with Crippen LogP contribution in [0.25, 0.3) is 0 Å². The van der Waals surface area contributed by atoms with Gasteiger partial charge in [0.15, 0.2) is 0 Å². The van der Waals surface area contributed by atoms with Crippen molar-refractivity contribution >= 4 is 11.8 Å². The van der Waals surface area contributed by atoms with Crippen LogP contribution in [0.2, 0.25) is 0 Å². The van der Waals surface area contributed by atoms with Gasteiger partial charge < -0.3 is 15.7 Å². The summed E-state index contributed by atoms with van der Waals surface area (Å²) < 4.78 is 0. The van der Waals surface area contributed by atoms with Crippen LogP contribution in [0.3, 0.4) is 0 Å². The summed E-state index contributed by atoms with van der Waals surface area (Å²) in [6.45, 7) is 1.17. The van der Waals surface area contributed by atoms with Gasteiger partial charge in [0.25, 0.3) is 0 Å². The van der Waals surface area contributed by atoms with E-state index < -0.39 is 17.9 Å². The van der Waals surface area contributed by atoms with E-state index in [1.165, 1.54) is 0 Å². The van der Waals surface area contributed by atoms with Crippen LogP contribution in [0.5, 0.6) is 0 Å². The van der Waals surface area contributed by atoms with Gasteiger partial charge in [-0.1, -0.05) is 30.3 Å². The highest BCUT2D eigenvalue weighted by molar-refractivity contribution is 5.89. The molecule has 5 heteroatoms. The predicted molar refractivity (Wildman–Crippen MR) is 70.0 cm³/mol. The number of nitrogens with two attached hydrogens (primary N) is 1. The molecule has 1 aliphatic rings. The first-order chi connectivity index (χ1) is 9.09. The zero-order valence-electron chi connectivity index (χ0n) is 10.7. The van der Waals surface area contributed by atoms with Crippen LogP contribution in [-0.2, 0) is 16.0 Å². The van der Waals surface area contributed by atoms with E-state index >= 15 is 0 Å². The van der Waals surface area contributed by atoms with E-state index in [2.05, 4.69) is 0 Å². The number of hydrogen-bond acceptors (Lipinski definition) is 3. The first-order valence-corrected chi connectivity index (χ1v) is 6.39. The highest BCUT2D eigenvalue weighted by Crippen LogP contribution is 2.21. The van der Waals surface area contributed by atoms with Gasteiger partial charge >= 0.3 is 0 Å². The molecule has 1 aromatic rings. The molecule has 1 fully saturated rings. The number of rotatable bonds is 5. The summed E-state index contributed by atoms with van der Waals surface area (Å²) in [5, 5.41) is 9.58. The summed E-state index contributed by atoms with van der Waals surface area (Å²) in [4.78, 5) is 24.6. The number of carbonyl (C=O) groups is 2. The molecule has 0 bridgehead atoms. The van der Waals surface area contributed by atoms with Gasteiger partial charge in [-0.05, 0) is 18.4 Å². The third-order valence-electron chi connectivity index (χ3n) is 3.52. The Hall–Kier alpha value is -1.88. The van der Waals surface area contributed by atoms with Gasteiger partial charge in [0, 0.05) is 13.1 Å². The number of likely N-dealkylation sites (tertiary alicyclic amines) is 1. The molecule has 0 spiro atoms. The van der Waals surface area contributed by atoms with Crippen molar-refractivity contribution in [3.8, 4) is 0 Å². The second kappa shape index (κ2) is 5.84. The molecule has 0 aliphatic carbocycles. The minimum Gasteiger partial charge on any atom is -0.382 e. The number of hydrogen-bond donors (Lipinski definition) is 2. The van der Waals surface area contributed by atoms with Crippen LogP contribution in [-0.4, -0.2) is 41.0 Å². The normalized spacial score (nSPS) is 20.6. The summed E-state index contributed by atoms with van der Waals surface area (Å²) in [5.74, 6) is -1.68. The molecular weight excluding hydrogens is 244 g/mol. The van der Waals surface area contributed by atoms with Crippen molar-refractivity contribution in [3.63, 3.8) is 0 Å². The third-order valence-corrected chi connectivity index (χ3v) is 3.52. The minimum atomic E-state index is -1.37. The maximum Gasteiger partial charge on any atom is 0.247 e. The first kappa shape index (κ1) is 13.5. The maximum absolute atomic E-state index is 12.0. The maximum atomic E-state index is 12.0. The molecule has 3 N–H and O–H groups in total. The number of carbonyl (C=O) groups excluding carboxylic acids is 2. The van der Waals surface area contributed by atoms with E-state index in [0.717, 1.165) is 12.0 Å². The first-order valence-electron chi connectivity index (χ1n) is 6.39. The number of nitrogens with zero attached hydrogens (tertiary/aromatic N) is 1. The van der Waals surface area contributed by atoms with Crippen molar-refractivity contribution in [2.45, 2.75) is 18.9 Å². The fourth-order valence-corrected chi connectivity index (χ4v) is 2.39. The van der Waals surface area contributed by atoms with Crippen molar-refractivity contribution in [1.29, 1.82) is 0 Å². The summed E-state index contributed by atoms with van der Waals surface area (Å²) >= 11 is 0. The van der Waals surface area contributed by atoms with Gasteiger partial charge in [0.05, 0.1) is 5.92 Å². The molecule has 0 aromatic heterocycles.